The number of anilines is 3. The third-order valence-corrected chi connectivity index (χ3v) is 8.21. The summed E-state index contributed by atoms with van der Waals surface area (Å²) in [5, 5.41) is 25.4. The van der Waals surface area contributed by atoms with Crippen molar-refractivity contribution in [3.63, 3.8) is 0 Å². The van der Waals surface area contributed by atoms with Crippen LogP contribution in [0, 0.1) is 6.92 Å². The molecule has 0 spiro atoms. The first kappa shape index (κ1) is 25.5. The molecule has 0 aromatic carbocycles. The number of halogens is 1. The largest absolute Gasteiger partial charge is 0.495 e. The van der Waals surface area contributed by atoms with E-state index in [2.05, 4.69) is 25.8 Å². The van der Waals surface area contributed by atoms with E-state index in [1.165, 1.54) is 0 Å². The molecule has 5 rings (SSSR count). The van der Waals surface area contributed by atoms with Crippen LogP contribution < -0.4 is 15.4 Å². The molecule has 1 amide bonds. The van der Waals surface area contributed by atoms with Gasteiger partial charge in [0.05, 0.1) is 18.8 Å². The molecule has 3 aromatic rings. The summed E-state index contributed by atoms with van der Waals surface area (Å²) < 4.78 is 19.0. The van der Waals surface area contributed by atoms with Gasteiger partial charge in [-0.15, -0.1) is 11.8 Å². The van der Waals surface area contributed by atoms with Gasteiger partial charge >= 0.3 is 0 Å². The number of nitrogens with one attached hydrogen (secondary N) is 3. The van der Waals surface area contributed by atoms with Crippen molar-refractivity contribution >= 4 is 46.0 Å². The molecule has 37 heavy (non-hydrogen) atoms. The van der Waals surface area contributed by atoms with Gasteiger partial charge < -0.3 is 25.4 Å². The summed E-state index contributed by atoms with van der Waals surface area (Å²) in [6.45, 7) is 0.819. The second kappa shape index (κ2) is 10.3. The average molecular weight is 530 g/mol. The van der Waals surface area contributed by atoms with Crippen LogP contribution in [0.2, 0.25) is 0 Å². The number of aromatic amines is 1. The Balaban J connectivity index is 1.43. The van der Waals surface area contributed by atoms with Crippen molar-refractivity contribution < 1.29 is 19.0 Å². The lowest BCUT2D eigenvalue weighted by atomic mass is 9.81. The summed E-state index contributed by atoms with van der Waals surface area (Å²) in [4.78, 5) is 22.3. The quantitative estimate of drug-likeness (QED) is 0.323. The van der Waals surface area contributed by atoms with Gasteiger partial charge in [-0.3, -0.25) is 14.9 Å². The zero-order valence-corrected chi connectivity index (χ0v) is 21.9. The van der Waals surface area contributed by atoms with E-state index in [1.807, 2.05) is 25.1 Å². The molecule has 2 bridgehead atoms. The number of carbonyl (C=O) groups excluding carboxylic acids is 1. The lowest BCUT2D eigenvalue weighted by Crippen LogP contribution is -2.62. The van der Waals surface area contributed by atoms with Crippen LogP contribution in [-0.2, 0) is 4.79 Å². The van der Waals surface area contributed by atoms with Gasteiger partial charge in [0.25, 0.3) is 5.91 Å². The summed E-state index contributed by atoms with van der Waals surface area (Å²) in [5.41, 5.74) is 1.67. The van der Waals surface area contributed by atoms with Crippen LogP contribution in [0.3, 0.4) is 0 Å². The Kier molecular flexibility index (Phi) is 7.13. The highest BCUT2D eigenvalue weighted by molar-refractivity contribution is 8.00. The van der Waals surface area contributed by atoms with Crippen molar-refractivity contribution in [3.8, 4) is 5.75 Å². The smallest absolute Gasteiger partial charge is 0.268 e. The van der Waals surface area contributed by atoms with Gasteiger partial charge in [-0.1, -0.05) is 0 Å². The number of rotatable bonds is 8. The standard InChI is InChI=1S/C25H32FN7O3S/c1-14-7-22(32-31-14)29-21-11-20-19(10-18(36-2)12-27-20)23(30-21)28-15-8-16-5-4-6-17(9-15)33(16)24(34)25(35,13-26)37-3/h7,10-12,15-17,35H,4-6,8-9,13H2,1-3H3,(H3,28,29,30,31,32)/t15?,16-,17+,25?. The maximum Gasteiger partial charge on any atom is 0.268 e. The predicted octanol–water partition coefficient (Wildman–Crippen LogP) is 3.76. The molecular formula is C25H32FN7O3S. The van der Waals surface area contributed by atoms with Crippen LogP contribution in [0.5, 0.6) is 5.75 Å². The Hall–Kier alpha value is -3.12. The molecule has 2 saturated heterocycles. The zero-order valence-electron chi connectivity index (χ0n) is 21.1. The third-order valence-electron chi connectivity index (χ3n) is 7.26. The maximum absolute atomic E-state index is 13.6. The summed E-state index contributed by atoms with van der Waals surface area (Å²) >= 11 is 0.855. The lowest BCUT2D eigenvalue weighted by molar-refractivity contribution is -0.153. The fraction of sp³-hybridized carbons (Fsp3) is 0.520. The maximum atomic E-state index is 13.6. The van der Waals surface area contributed by atoms with Crippen molar-refractivity contribution in [2.75, 3.05) is 30.7 Å². The molecule has 0 aliphatic carbocycles. The number of pyridine rings is 2. The van der Waals surface area contributed by atoms with Crippen LogP contribution >= 0.6 is 11.8 Å². The fourth-order valence-corrected chi connectivity index (χ4v) is 5.82. The van der Waals surface area contributed by atoms with Crippen LogP contribution in [-0.4, -0.2) is 79.2 Å². The van der Waals surface area contributed by atoms with E-state index < -0.39 is 17.5 Å². The van der Waals surface area contributed by atoms with Crippen LogP contribution in [0.4, 0.5) is 21.8 Å². The topological polar surface area (TPSA) is 128 Å². The number of aryl methyl sites for hydroxylation is 1. The van der Waals surface area contributed by atoms with Gasteiger partial charge in [0.15, 0.2) is 5.82 Å². The van der Waals surface area contributed by atoms with Crippen molar-refractivity contribution in [3.05, 3.63) is 30.1 Å². The SMILES string of the molecule is COc1cnc2cc(Nc3cc(C)[nH]n3)nc(NC3C[C@H]4CCC[C@@H](C3)N4C(=O)C(O)(CF)SC)c2c1. The van der Waals surface area contributed by atoms with Crippen LogP contribution in [0.25, 0.3) is 10.9 Å². The zero-order chi connectivity index (χ0) is 26.2. The molecule has 5 heterocycles. The normalized spacial score (nSPS) is 22.9. The number of carbonyl (C=O) groups is 1. The van der Waals surface area contributed by atoms with E-state index >= 15 is 0 Å². The molecule has 4 atom stereocenters. The third kappa shape index (κ3) is 5.04. The van der Waals surface area contributed by atoms with E-state index in [4.69, 9.17) is 9.72 Å². The molecule has 198 valence electrons. The van der Waals surface area contributed by atoms with Crippen molar-refractivity contribution in [2.45, 2.75) is 62.1 Å². The molecule has 3 aromatic heterocycles. The van der Waals surface area contributed by atoms with Crippen LogP contribution in [0.15, 0.2) is 24.4 Å². The van der Waals surface area contributed by atoms with Gasteiger partial charge in [-0.05, 0) is 51.3 Å². The Morgan fingerprint density at radius 3 is 2.68 bits per heavy atom. The number of hydrogen-bond donors (Lipinski definition) is 4. The monoisotopic (exact) mass is 529 g/mol. The minimum absolute atomic E-state index is 0.0388. The molecule has 0 radical (unpaired) electrons. The van der Waals surface area contributed by atoms with Gasteiger partial charge in [0.1, 0.15) is 24.1 Å². The number of fused-ring (bicyclic) bond motifs is 3. The van der Waals surface area contributed by atoms with E-state index in [1.54, 1.807) is 24.5 Å². The van der Waals surface area contributed by atoms with Crippen molar-refractivity contribution in [1.29, 1.82) is 0 Å². The molecule has 4 N–H and O–H groups in total. The highest BCUT2D eigenvalue weighted by Gasteiger charge is 2.48. The Bertz CT molecular complexity index is 1270. The van der Waals surface area contributed by atoms with Crippen molar-refractivity contribution in [1.82, 2.24) is 25.1 Å². The number of alkyl halides is 1. The van der Waals surface area contributed by atoms with E-state index in [0.717, 1.165) is 47.6 Å². The second-order valence-electron chi connectivity index (χ2n) is 9.74. The number of methoxy groups -OCH3 is 1. The second-order valence-corrected chi connectivity index (χ2v) is 10.8. The number of aromatic nitrogens is 4. The number of ether oxygens (including phenoxy) is 1. The molecule has 10 nitrogen and oxygen atoms in total. The summed E-state index contributed by atoms with van der Waals surface area (Å²) in [5.74, 6) is 2.01. The molecular weight excluding hydrogens is 497 g/mol. The highest BCUT2D eigenvalue weighted by atomic mass is 32.2. The minimum Gasteiger partial charge on any atom is -0.495 e. The number of aliphatic hydroxyl groups is 1. The Labute approximate surface area is 218 Å². The van der Waals surface area contributed by atoms with Gasteiger partial charge in [0, 0.05) is 41.3 Å². The molecule has 2 unspecified atom stereocenters. The fourth-order valence-electron chi connectivity index (χ4n) is 5.43. The first-order valence-corrected chi connectivity index (χ1v) is 13.6. The predicted molar refractivity (Wildman–Crippen MR) is 142 cm³/mol. The molecule has 2 aliphatic heterocycles. The first-order valence-electron chi connectivity index (χ1n) is 12.4. The van der Waals surface area contributed by atoms with Gasteiger partial charge in [-0.2, -0.15) is 5.10 Å². The average Bonchev–Trinajstić information content (AvgIpc) is 3.31. The highest BCUT2D eigenvalue weighted by Crippen LogP contribution is 2.39. The summed E-state index contributed by atoms with van der Waals surface area (Å²) in [7, 11) is 1.60. The summed E-state index contributed by atoms with van der Waals surface area (Å²) in [6.07, 6.45) is 7.23. The van der Waals surface area contributed by atoms with Gasteiger partial charge in [0.2, 0.25) is 4.93 Å². The number of nitrogens with zero attached hydrogens (tertiary/aromatic N) is 4. The molecule has 12 heteroatoms. The summed E-state index contributed by atoms with van der Waals surface area (Å²) in [6, 6.07) is 5.54. The van der Waals surface area contributed by atoms with Gasteiger partial charge in [-0.25, -0.2) is 9.37 Å². The number of thioether (sulfide) groups is 1. The van der Waals surface area contributed by atoms with E-state index in [0.29, 0.717) is 36.0 Å². The molecule has 0 saturated carbocycles. The van der Waals surface area contributed by atoms with E-state index in [-0.39, 0.29) is 18.1 Å². The lowest BCUT2D eigenvalue weighted by Gasteiger charge is -2.50. The number of hydrogen-bond acceptors (Lipinski definition) is 9. The Morgan fingerprint density at radius 2 is 2.05 bits per heavy atom. The molecule has 2 aliphatic rings. The van der Waals surface area contributed by atoms with Crippen LogP contribution in [0.1, 0.15) is 37.8 Å². The Morgan fingerprint density at radius 1 is 1.30 bits per heavy atom. The number of piperidine rings is 2. The first-order chi connectivity index (χ1) is 17.8. The molecule has 2 fully saturated rings. The number of H-pyrrole nitrogens is 1. The van der Waals surface area contributed by atoms with Crippen molar-refractivity contribution in [2.24, 2.45) is 0 Å². The van der Waals surface area contributed by atoms with E-state index in [9.17, 15) is 14.3 Å². The number of amides is 1. The minimum atomic E-state index is -2.03.